The van der Waals surface area contributed by atoms with Crippen molar-refractivity contribution in [3.63, 3.8) is 0 Å². The Labute approximate surface area is 50.3 Å². The first-order chi connectivity index (χ1) is 3.66. The Balaban J connectivity index is 3.56. The van der Waals surface area contributed by atoms with Gasteiger partial charge in [-0.1, -0.05) is 6.58 Å². The summed E-state index contributed by atoms with van der Waals surface area (Å²) in [6.07, 6.45) is 0.424. The second-order valence-corrected chi connectivity index (χ2v) is 2.01. The number of hydrogen-bond acceptors (Lipinski definition) is 1. The minimum absolute atomic E-state index is 0.260. The first-order valence-electron chi connectivity index (χ1n) is 2.70. The van der Waals surface area contributed by atoms with Crippen LogP contribution in [0.15, 0.2) is 17.9 Å². The van der Waals surface area contributed by atoms with Crippen LogP contribution in [0.2, 0.25) is 0 Å². The van der Waals surface area contributed by atoms with E-state index in [0.717, 1.165) is 5.57 Å². The molecule has 0 fully saturated rings. The van der Waals surface area contributed by atoms with Crippen molar-refractivity contribution in [1.29, 1.82) is 0 Å². The highest BCUT2D eigenvalue weighted by Crippen LogP contribution is 1.99. The lowest BCUT2D eigenvalue weighted by Gasteiger charge is -1.99. The fourth-order valence-electron chi connectivity index (χ4n) is 0.515. The van der Waals surface area contributed by atoms with E-state index in [1.807, 2.05) is 6.92 Å². The van der Waals surface area contributed by atoms with Crippen LogP contribution in [0.25, 0.3) is 0 Å². The summed E-state index contributed by atoms with van der Waals surface area (Å²) in [4.78, 5) is 0. The smallest absolute Gasteiger partial charge is 0.0555 e. The lowest BCUT2D eigenvalue weighted by Crippen LogP contribution is -1.98. The lowest BCUT2D eigenvalue weighted by molar-refractivity contribution is 0.195. The van der Waals surface area contributed by atoms with Crippen LogP contribution < -0.4 is 0 Å². The number of rotatable bonds is 2. The van der Waals surface area contributed by atoms with Gasteiger partial charge in [-0.15, -0.1) is 5.73 Å². The second-order valence-electron chi connectivity index (χ2n) is 2.01. The summed E-state index contributed by atoms with van der Waals surface area (Å²) in [6.45, 7) is 7.09. The van der Waals surface area contributed by atoms with E-state index in [2.05, 4.69) is 12.3 Å². The van der Waals surface area contributed by atoms with Gasteiger partial charge in [0.2, 0.25) is 0 Å². The summed E-state index contributed by atoms with van der Waals surface area (Å²) in [5, 5.41) is 8.77. The normalized spacial score (nSPS) is 12.4. The van der Waals surface area contributed by atoms with Crippen LogP contribution in [0.3, 0.4) is 0 Å². The van der Waals surface area contributed by atoms with Crippen LogP contribution in [0.4, 0.5) is 0 Å². The van der Waals surface area contributed by atoms with Crippen LogP contribution in [0.1, 0.15) is 20.3 Å². The zero-order valence-electron chi connectivity index (χ0n) is 5.44. The summed E-state index contributed by atoms with van der Waals surface area (Å²) >= 11 is 0. The Hall–Kier alpha value is -0.520. The molecule has 0 amide bonds. The maximum atomic E-state index is 8.77. The standard InChI is InChI=1S/C7H12O/c1-4-6(2)5-7(3)8/h7-8H,1,5H2,2-3H3. The molecule has 1 atom stereocenters. The Morgan fingerprint density at radius 2 is 2.38 bits per heavy atom. The first kappa shape index (κ1) is 7.48. The maximum absolute atomic E-state index is 8.77. The molecule has 8 heavy (non-hydrogen) atoms. The van der Waals surface area contributed by atoms with Gasteiger partial charge < -0.3 is 5.11 Å². The van der Waals surface area contributed by atoms with E-state index in [1.54, 1.807) is 6.92 Å². The van der Waals surface area contributed by atoms with Crippen molar-refractivity contribution in [3.8, 4) is 0 Å². The quantitative estimate of drug-likeness (QED) is 0.536. The van der Waals surface area contributed by atoms with Gasteiger partial charge in [0.1, 0.15) is 0 Å². The zero-order valence-corrected chi connectivity index (χ0v) is 5.44. The van der Waals surface area contributed by atoms with Crippen molar-refractivity contribution in [2.45, 2.75) is 26.4 Å². The Morgan fingerprint density at radius 3 is 2.50 bits per heavy atom. The Morgan fingerprint density at radius 1 is 1.88 bits per heavy atom. The number of aliphatic hydroxyl groups is 1. The SMILES string of the molecule is C=C=C(C)CC(C)O. The van der Waals surface area contributed by atoms with Crippen molar-refractivity contribution in [1.82, 2.24) is 0 Å². The predicted octanol–water partition coefficient (Wildman–Crippen LogP) is 1.49. The maximum Gasteiger partial charge on any atom is 0.0555 e. The molecule has 0 spiro atoms. The fraction of sp³-hybridized carbons (Fsp3) is 0.571. The van der Waals surface area contributed by atoms with Gasteiger partial charge in [0.05, 0.1) is 6.10 Å². The van der Waals surface area contributed by atoms with Gasteiger partial charge in [0.25, 0.3) is 0 Å². The number of aliphatic hydroxyl groups excluding tert-OH is 1. The summed E-state index contributed by atoms with van der Waals surface area (Å²) < 4.78 is 0. The molecule has 0 radical (unpaired) electrons. The molecule has 0 aliphatic rings. The molecule has 1 N–H and O–H groups in total. The van der Waals surface area contributed by atoms with E-state index in [9.17, 15) is 0 Å². The summed E-state index contributed by atoms with van der Waals surface area (Å²) in [5.74, 6) is 0. The van der Waals surface area contributed by atoms with Gasteiger partial charge in [-0.25, -0.2) is 0 Å². The van der Waals surface area contributed by atoms with E-state index in [1.165, 1.54) is 0 Å². The molecule has 46 valence electrons. The first-order valence-corrected chi connectivity index (χ1v) is 2.70. The third kappa shape index (κ3) is 3.66. The molecule has 0 heterocycles. The summed E-state index contributed by atoms with van der Waals surface area (Å²) in [7, 11) is 0. The van der Waals surface area contributed by atoms with Crippen molar-refractivity contribution in [2.75, 3.05) is 0 Å². The largest absolute Gasteiger partial charge is 0.393 e. The molecule has 0 aromatic rings. The predicted molar refractivity (Wildman–Crippen MR) is 34.6 cm³/mol. The van der Waals surface area contributed by atoms with E-state index in [4.69, 9.17) is 5.11 Å². The van der Waals surface area contributed by atoms with Gasteiger partial charge in [-0.2, -0.15) is 0 Å². The van der Waals surface area contributed by atoms with Gasteiger partial charge >= 0.3 is 0 Å². The van der Waals surface area contributed by atoms with Crippen LogP contribution in [-0.4, -0.2) is 11.2 Å². The molecule has 0 saturated carbocycles. The number of hydrogen-bond donors (Lipinski definition) is 1. The highest BCUT2D eigenvalue weighted by atomic mass is 16.3. The van der Waals surface area contributed by atoms with Crippen LogP contribution in [-0.2, 0) is 0 Å². The van der Waals surface area contributed by atoms with Crippen molar-refractivity contribution >= 4 is 0 Å². The third-order valence-electron chi connectivity index (χ3n) is 0.903. The molecule has 0 aliphatic heterocycles. The van der Waals surface area contributed by atoms with Gasteiger partial charge in [0.15, 0.2) is 0 Å². The van der Waals surface area contributed by atoms with Crippen molar-refractivity contribution in [2.24, 2.45) is 0 Å². The van der Waals surface area contributed by atoms with Crippen molar-refractivity contribution < 1.29 is 5.11 Å². The Kier molecular flexibility index (Phi) is 3.25. The van der Waals surface area contributed by atoms with E-state index < -0.39 is 0 Å². The second kappa shape index (κ2) is 3.48. The molecule has 0 saturated heterocycles. The monoisotopic (exact) mass is 112 g/mol. The van der Waals surface area contributed by atoms with Crippen molar-refractivity contribution in [3.05, 3.63) is 17.9 Å². The van der Waals surface area contributed by atoms with E-state index in [0.29, 0.717) is 6.42 Å². The molecule has 0 aromatic heterocycles. The Bertz CT molecular complexity index is 108. The third-order valence-corrected chi connectivity index (χ3v) is 0.903. The summed E-state index contributed by atoms with van der Waals surface area (Å²) in [6, 6.07) is 0. The molecular weight excluding hydrogens is 100 g/mol. The minimum Gasteiger partial charge on any atom is -0.393 e. The molecule has 1 nitrogen and oxygen atoms in total. The van der Waals surface area contributed by atoms with Gasteiger partial charge in [-0.05, 0) is 19.4 Å². The van der Waals surface area contributed by atoms with Gasteiger partial charge in [0, 0.05) is 6.42 Å². The average molecular weight is 112 g/mol. The topological polar surface area (TPSA) is 20.2 Å². The fourth-order valence-corrected chi connectivity index (χ4v) is 0.515. The van der Waals surface area contributed by atoms with E-state index in [-0.39, 0.29) is 6.10 Å². The summed E-state index contributed by atoms with van der Waals surface area (Å²) in [5.41, 5.74) is 3.72. The molecule has 0 aromatic carbocycles. The molecule has 1 unspecified atom stereocenters. The van der Waals surface area contributed by atoms with Crippen LogP contribution in [0, 0.1) is 0 Å². The van der Waals surface area contributed by atoms with Crippen LogP contribution in [0.5, 0.6) is 0 Å². The zero-order chi connectivity index (χ0) is 6.57. The highest BCUT2D eigenvalue weighted by molar-refractivity contribution is 4.95. The molecule has 1 heteroatoms. The van der Waals surface area contributed by atoms with Crippen LogP contribution >= 0.6 is 0 Å². The molecular formula is C7H12O. The lowest BCUT2D eigenvalue weighted by atomic mass is 10.2. The molecule has 0 aliphatic carbocycles. The van der Waals surface area contributed by atoms with E-state index >= 15 is 0 Å². The molecule has 0 bridgehead atoms. The average Bonchev–Trinajstić information content (AvgIpc) is 1.65. The molecule has 0 rings (SSSR count). The van der Waals surface area contributed by atoms with Gasteiger partial charge in [-0.3, -0.25) is 0 Å². The highest BCUT2D eigenvalue weighted by Gasteiger charge is 1.93. The minimum atomic E-state index is -0.260.